The zero-order valence-corrected chi connectivity index (χ0v) is 10.5. The quantitative estimate of drug-likeness (QED) is 0.640. The molecule has 0 aliphatic carbocycles. The first-order valence-corrected chi connectivity index (χ1v) is 5.86. The Morgan fingerprint density at radius 1 is 0.944 bits per heavy atom. The summed E-state index contributed by atoms with van der Waals surface area (Å²) in [5.41, 5.74) is 21.1. The van der Waals surface area contributed by atoms with Gasteiger partial charge < -0.3 is 22.5 Å². The third kappa shape index (κ3) is 2.99. The van der Waals surface area contributed by atoms with Crippen molar-refractivity contribution in [1.29, 1.82) is 0 Å². The minimum absolute atomic E-state index is 0.566. The summed E-state index contributed by atoms with van der Waals surface area (Å²) in [6.07, 6.45) is 0. The number of hydrogen-bond donors (Lipinski definition) is 4. The predicted molar refractivity (Wildman–Crippen MR) is 78.5 cm³/mol. The van der Waals surface area contributed by atoms with Crippen LogP contribution in [0.1, 0.15) is 5.56 Å². The molecule has 5 heteroatoms. The van der Waals surface area contributed by atoms with Crippen LogP contribution in [0.3, 0.4) is 0 Å². The molecule has 18 heavy (non-hydrogen) atoms. The van der Waals surface area contributed by atoms with Gasteiger partial charge in [0.05, 0.1) is 0 Å². The molecule has 0 aliphatic heterocycles. The number of nitrogens with one attached hydrogen (secondary N) is 1. The van der Waals surface area contributed by atoms with Crippen molar-refractivity contribution < 1.29 is 0 Å². The van der Waals surface area contributed by atoms with Gasteiger partial charge >= 0.3 is 0 Å². The second-order valence-corrected chi connectivity index (χ2v) is 4.52. The maximum Gasteiger partial charge on any atom is 0.0446 e. The molecule has 0 aromatic heterocycles. The van der Waals surface area contributed by atoms with Crippen LogP contribution >= 0.6 is 11.6 Å². The van der Waals surface area contributed by atoms with Crippen LogP contribution in [0.15, 0.2) is 36.4 Å². The van der Waals surface area contributed by atoms with Crippen LogP contribution in [0.25, 0.3) is 0 Å². The van der Waals surface area contributed by atoms with Crippen LogP contribution in [0, 0.1) is 0 Å². The zero-order chi connectivity index (χ0) is 13.1. The van der Waals surface area contributed by atoms with Gasteiger partial charge in [-0.3, -0.25) is 0 Å². The molecule has 0 atom stereocenters. The molecule has 0 fully saturated rings. The Bertz CT molecular complexity index is 549. The summed E-state index contributed by atoms with van der Waals surface area (Å²) in [6.45, 7) is 0.566. The third-order valence-corrected chi connectivity index (χ3v) is 2.79. The molecule has 2 aromatic carbocycles. The van der Waals surface area contributed by atoms with Crippen molar-refractivity contribution in [2.24, 2.45) is 0 Å². The monoisotopic (exact) mass is 262 g/mol. The first kappa shape index (κ1) is 12.4. The summed E-state index contributed by atoms with van der Waals surface area (Å²) in [5.74, 6) is 0. The lowest BCUT2D eigenvalue weighted by Gasteiger charge is -2.10. The van der Waals surface area contributed by atoms with E-state index in [1.165, 1.54) is 0 Å². The Kier molecular flexibility index (Phi) is 3.48. The largest absolute Gasteiger partial charge is 0.399 e. The number of nitrogen functional groups attached to an aromatic ring is 3. The van der Waals surface area contributed by atoms with Gasteiger partial charge in [-0.05, 0) is 42.0 Å². The van der Waals surface area contributed by atoms with E-state index in [1.807, 2.05) is 12.1 Å². The van der Waals surface area contributed by atoms with Crippen molar-refractivity contribution in [1.82, 2.24) is 0 Å². The van der Waals surface area contributed by atoms with Gasteiger partial charge in [0.2, 0.25) is 0 Å². The summed E-state index contributed by atoms with van der Waals surface area (Å²) in [5, 5.41) is 3.81. The number of hydrogen-bond acceptors (Lipinski definition) is 4. The van der Waals surface area contributed by atoms with Crippen molar-refractivity contribution in [3.63, 3.8) is 0 Å². The number of rotatable bonds is 3. The van der Waals surface area contributed by atoms with Gasteiger partial charge in [0, 0.05) is 34.3 Å². The minimum atomic E-state index is 0.566. The smallest absolute Gasteiger partial charge is 0.0446 e. The molecule has 0 saturated heterocycles. The highest BCUT2D eigenvalue weighted by molar-refractivity contribution is 6.31. The maximum absolute atomic E-state index is 5.92. The van der Waals surface area contributed by atoms with Gasteiger partial charge in [0.1, 0.15) is 0 Å². The van der Waals surface area contributed by atoms with Crippen LogP contribution in [0.4, 0.5) is 22.7 Å². The molecule has 0 spiro atoms. The highest BCUT2D eigenvalue weighted by Crippen LogP contribution is 2.22. The molecular formula is C13H15ClN4. The molecule has 0 saturated carbocycles. The zero-order valence-electron chi connectivity index (χ0n) is 9.78. The van der Waals surface area contributed by atoms with Gasteiger partial charge in [-0.25, -0.2) is 0 Å². The number of nitrogens with two attached hydrogens (primary N) is 3. The fourth-order valence-corrected chi connectivity index (χ4v) is 1.93. The molecule has 0 amide bonds. The Morgan fingerprint density at radius 3 is 2.44 bits per heavy atom. The number of benzene rings is 2. The van der Waals surface area contributed by atoms with E-state index >= 15 is 0 Å². The van der Waals surface area contributed by atoms with Gasteiger partial charge in [-0.2, -0.15) is 0 Å². The molecule has 2 rings (SSSR count). The molecule has 7 N–H and O–H groups in total. The van der Waals surface area contributed by atoms with Crippen molar-refractivity contribution >= 4 is 34.4 Å². The molecule has 0 heterocycles. The fourth-order valence-electron chi connectivity index (χ4n) is 1.69. The predicted octanol–water partition coefficient (Wildman–Crippen LogP) is 2.70. The van der Waals surface area contributed by atoms with E-state index in [9.17, 15) is 0 Å². The van der Waals surface area contributed by atoms with Gasteiger partial charge in [-0.15, -0.1) is 0 Å². The first-order chi connectivity index (χ1) is 8.54. The SMILES string of the molecule is Nc1cc(Cl)cc(NCc2cc(N)ccc2N)c1. The van der Waals surface area contributed by atoms with E-state index in [1.54, 1.807) is 24.3 Å². The normalized spacial score (nSPS) is 10.3. The van der Waals surface area contributed by atoms with Crippen LogP contribution in [-0.4, -0.2) is 0 Å². The molecule has 2 aromatic rings. The van der Waals surface area contributed by atoms with Crippen molar-refractivity contribution in [2.75, 3.05) is 22.5 Å². The summed E-state index contributed by atoms with van der Waals surface area (Å²) < 4.78 is 0. The summed E-state index contributed by atoms with van der Waals surface area (Å²) in [6, 6.07) is 10.7. The van der Waals surface area contributed by atoms with Gasteiger partial charge in [-0.1, -0.05) is 11.6 Å². The lowest BCUT2D eigenvalue weighted by atomic mass is 10.1. The van der Waals surface area contributed by atoms with Crippen LogP contribution in [-0.2, 0) is 6.54 Å². The fraction of sp³-hybridized carbons (Fsp3) is 0.0769. The first-order valence-electron chi connectivity index (χ1n) is 5.48. The minimum Gasteiger partial charge on any atom is -0.399 e. The van der Waals surface area contributed by atoms with Crippen molar-refractivity contribution in [3.05, 3.63) is 47.0 Å². The Labute approximate surface area is 111 Å². The topological polar surface area (TPSA) is 90.1 Å². The molecule has 4 nitrogen and oxygen atoms in total. The highest BCUT2D eigenvalue weighted by atomic mass is 35.5. The lowest BCUT2D eigenvalue weighted by Crippen LogP contribution is -2.04. The average Bonchev–Trinajstić information content (AvgIpc) is 2.29. The van der Waals surface area contributed by atoms with Gasteiger partial charge in [0.25, 0.3) is 0 Å². The van der Waals surface area contributed by atoms with Crippen LogP contribution in [0.5, 0.6) is 0 Å². The Hall–Kier alpha value is -2.07. The standard InChI is InChI=1S/C13H15ClN4/c14-9-4-11(16)6-12(5-9)18-7-8-3-10(15)1-2-13(8)17/h1-6,18H,7,15-17H2. The molecule has 0 unspecified atom stereocenters. The van der Waals surface area contributed by atoms with Crippen molar-refractivity contribution in [3.8, 4) is 0 Å². The van der Waals surface area contributed by atoms with E-state index in [-0.39, 0.29) is 0 Å². The molecule has 0 radical (unpaired) electrons. The molecule has 0 bridgehead atoms. The second-order valence-electron chi connectivity index (χ2n) is 4.09. The highest BCUT2D eigenvalue weighted by Gasteiger charge is 2.01. The summed E-state index contributed by atoms with van der Waals surface area (Å²) in [4.78, 5) is 0. The number of halogens is 1. The lowest BCUT2D eigenvalue weighted by molar-refractivity contribution is 1.15. The van der Waals surface area contributed by atoms with E-state index in [0.29, 0.717) is 28.6 Å². The van der Waals surface area contributed by atoms with Crippen LogP contribution < -0.4 is 22.5 Å². The number of anilines is 4. The maximum atomic E-state index is 5.92. The average molecular weight is 263 g/mol. The van der Waals surface area contributed by atoms with Crippen molar-refractivity contribution in [2.45, 2.75) is 6.54 Å². The van der Waals surface area contributed by atoms with E-state index in [2.05, 4.69) is 5.32 Å². The van der Waals surface area contributed by atoms with Gasteiger partial charge in [0.15, 0.2) is 0 Å². The Morgan fingerprint density at radius 2 is 1.72 bits per heavy atom. The Balaban J connectivity index is 2.13. The summed E-state index contributed by atoms with van der Waals surface area (Å²) >= 11 is 5.92. The second kappa shape index (κ2) is 5.06. The molecule has 0 aliphatic rings. The third-order valence-electron chi connectivity index (χ3n) is 2.57. The van der Waals surface area contributed by atoms with E-state index < -0.39 is 0 Å². The molecular weight excluding hydrogens is 248 g/mol. The summed E-state index contributed by atoms with van der Waals surface area (Å²) in [7, 11) is 0. The van der Waals surface area contributed by atoms with E-state index in [4.69, 9.17) is 28.8 Å². The molecule has 94 valence electrons. The van der Waals surface area contributed by atoms with Crippen LogP contribution in [0.2, 0.25) is 5.02 Å². The van der Waals surface area contributed by atoms with E-state index in [0.717, 1.165) is 11.3 Å².